The fourth-order valence-corrected chi connectivity index (χ4v) is 3.31. The summed E-state index contributed by atoms with van der Waals surface area (Å²) in [5.74, 6) is -1.78. The van der Waals surface area contributed by atoms with Gasteiger partial charge in [0.15, 0.2) is 0 Å². The number of morpholine rings is 1. The quantitative estimate of drug-likeness (QED) is 0.668. The largest absolute Gasteiger partial charge is 0.444 e. The van der Waals surface area contributed by atoms with Crippen molar-refractivity contribution in [3.63, 3.8) is 0 Å². The molecule has 1 aliphatic rings. The van der Waals surface area contributed by atoms with Crippen LogP contribution < -0.4 is 10.6 Å². The molecule has 0 spiro atoms. The van der Waals surface area contributed by atoms with Crippen molar-refractivity contribution in [1.29, 1.82) is 0 Å². The van der Waals surface area contributed by atoms with Gasteiger partial charge in [0.2, 0.25) is 17.9 Å². The maximum absolute atomic E-state index is 13.2. The number of anilines is 2. The molecular formula is C23H25N3O6. The molecule has 1 atom stereocenters. The number of amides is 3. The molecule has 1 heterocycles. The van der Waals surface area contributed by atoms with Crippen molar-refractivity contribution >= 4 is 35.1 Å². The highest BCUT2D eigenvalue weighted by Crippen LogP contribution is 2.25. The Morgan fingerprint density at radius 2 is 1.47 bits per heavy atom. The fourth-order valence-electron chi connectivity index (χ4n) is 3.31. The average Bonchev–Trinajstić information content (AvgIpc) is 2.77. The van der Waals surface area contributed by atoms with Gasteiger partial charge in [0.05, 0.1) is 18.8 Å². The number of rotatable bonds is 6. The van der Waals surface area contributed by atoms with Gasteiger partial charge in [0.25, 0.3) is 5.91 Å². The van der Waals surface area contributed by atoms with Gasteiger partial charge in [0, 0.05) is 43.9 Å². The molecule has 0 aliphatic carbocycles. The van der Waals surface area contributed by atoms with E-state index in [-0.39, 0.29) is 23.3 Å². The molecule has 0 aromatic heterocycles. The number of nitrogens with one attached hydrogen (secondary N) is 2. The fraction of sp³-hybridized carbons (Fsp3) is 0.304. The maximum Gasteiger partial charge on any atom is 0.339 e. The first-order chi connectivity index (χ1) is 15.3. The number of ether oxygens (including phenoxy) is 2. The normalized spacial score (nSPS) is 14.2. The molecule has 2 aromatic rings. The summed E-state index contributed by atoms with van der Waals surface area (Å²) >= 11 is 0. The standard InChI is InChI=1S/C23H25N3O6/c1-15(27)24-19-12-18(13-20(14-19)25-16(2)28)23(30)32-21(17-6-4-3-5-7-17)22(29)26-8-10-31-11-9-26/h3-7,12-14,21H,8-11H2,1-2H3,(H,24,27)(H,25,28). The molecule has 1 unspecified atom stereocenters. The monoisotopic (exact) mass is 439 g/mol. The molecule has 168 valence electrons. The first kappa shape index (κ1) is 23.0. The minimum absolute atomic E-state index is 0.0794. The molecule has 9 nitrogen and oxygen atoms in total. The number of nitrogens with zero attached hydrogens (tertiary/aromatic N) is 1. The molecular weight excluding hydrogens is 414 g/mol. The molecule has 0 saturated carbocycles. The Hall–Kier alpha value is -3.72. The Morgan fingerprint density at radius 3 is 2.00 bits per heavy atom. The summed E-state index contributed by atoms with van der Waals surface area (Å²) < 4.78 is 11.0. The minimum Gasteiger partial charge on any atom is -0.444 e. The van der Waals surface area contributed by atoms with Gasteiger partial charge in [0.1, 0.15) is 0 Å². The summed E-state index contributed by atoms with van der Waals surface area (Å²) in [6, 6.07) is 13.1. The lowest BCUT2D eigenvalue weighted by Gasteiger charge is -2.30. The number of hydrogen-bond donors (Lipinski definition) is 2. The van der Waals surface area contributed by atoms with Gasteiger partial charge in [-0.2, -0.15) is 0 Å². The summed E-state index contributed by atoms with van der Waals surface area (Å²) in [6.45, 7) is 4.31. The van der Waals surface area contributed by atoms with E-state index in [1.165, 1.54) is 32.0 Å². The molecule has 0 radical (unpaired) electrons. The van der Waals surface area contributed by atoms with Crippen molar-refractivity contribution in [2.75, 3.05) is 36.9 Å². The topological polar surface area (TPSA) is 114 Å². The predicted octanol–water partition coefficient (Wildman–Crippen LogP) is 2.36. The number of carbonyl (C=O) groups is 4. The molecule has 1 saturated heterocycles. The van der Waals surface area contributed by atoms with Crippen LogP contribution in [-0.2, 0) is 23.9 Å². The van der Waals surface area contributed by atoms with E-state index in [1.54, 1.807) is 35.2 Å². The zero-order valence-electron chi connectivity index (χ0n) is 17.9. The van der Waals surface area contributed by atoms with Crippen LogP contribution in [0.25, 0.3) is 0 Å². The Balaban J connectivity index is 1.90. The van der Waals surface area contributed by atoms with Crippen molar-refractivity contribution < 1.29 is 28.7 Å². The minimum atomic E-state index is -1.14. The third kappa shape index (κ3) is 6.14. The van der Waals surface area contributed by atoms with E-state index in [9.17, 15) is 19.2 Å². The van der Waals surface area contributed by atoms with Crippen LogP contribution in [0.1, 0.15) is 35.9 Å². The molecule has 2 aromatic carbocycles. The third-order valence-corrected chi connectivity index (χ3v) is 4.68. The van der Waals surface area contributed by atoms with Crippen molar-refractivity contribution in [1.82, 2.24) is 4.90 Å². The lowest BCUT2D eigenvalue weighted by molar-refractivity contribution is -0.145. The molecule has 1 aliphatic heterocycles. The van der Waals surface area contributed by atoms with Crippen LogP contribution in [0.4, 0.5) is 11.4 Å². The lowest BCUT2D eigenvalue weighted by Crippen LogP contribution is -2.44. The second-order valence-corrected chi connectivity index (χ2v) is 7.30. The van der Waals surface area contributed by atoms with Gasteiger partial charge in [-0.25, -0.2) is 4.79 Å². The van der Waals surface area contributed by atoms with Crippen molar-refractivity contribution in [3.05, 3.63) is 59.7 Å². The molecule has 3 rings (SSSR count). The first-order valence-corrected chi connectivity index (χ1v) is 10.2. The molecule has 9 heteroatoms. The van der Waals surface area contributed by atoms with Crippen LogP contribution in [0.15, 0.2) is 48.5 Å². The number of carbonyl (C=O) groups excluding carboxylic acids is 4. The summed E-state index contributed by atoms with van der Waals surface area (Å²) in [4.78, 5) is 50.8. The molecule has 32 heavy (non-hydrogen) atoms. The SMILES string of the molecule is CC(=O)Nc1cc(NC(C)=O)cc(C(=O)OC(C(=O)N2CCOCC2)c2ccccc2)c1. The Bertz CT molecular complexity index is 968. The van der Waals surface area contributed by atoms with Crippen LogP contribution >= 0.6 is 0 Å². The zero-order chi connectivity index (χ0) is 23.1. The van der Waals surface area contributed by atoms with Crippen LogP contribution in [-0.4, -0.2) is 54.9 Å². The molecule has 2 N–H and O–H groups in total. The Labute approximate surface area is 185 Å². The van der Waals surface area contributed by atoms with Crippen molar-refractivity contribution in [2.45, 2.75) is 20.0 Å². The van der Waals surface area contributed by atoms with Crippen LogP contribution in [0.5, 0.6) is 0 Å². The molecule has 0 bridgehead atoms. The van der Waals surface area contributed by atoms with Crippen molar-refractivity contribution in [3.8, 4) is 0 Å². The van der Waals surface area contributed by atoms with Gasteiger partial charge < -0.3 is 25.0 Å². The Kier molecular flexibility index (Phi) is 7.56. The second kappa shape index (κ2) is 10.5. The maximum atomic E-state index is 13.2. The van der Waals surface area contributed by atoms with Crippen molar-refractivity contribution in [2.24, 2.45) is 0 Å². The van der Waals surface area contributed by atoms with E-state index in [2.05, 4.69) is 10.6 Å². The summed E-state index contributed by atoms with van der Waals surface area (Å²) in [7, 11) is 0. The zero-order valence-corrected chi connectivity index (χ0v) is 17.9. The molecule has 3 amide bonds. The predicted molar refractivity (Wildman–Crippen MR) is 117 cm³/mol. The lowest BCUT2D eigenvalue weighted by atomic mass is 10.1. The molecule has 1 fully saturated rings. The number of benzene rings is 2. The summed E-state index contributed by atoms with van der Waals surface area (Å²) in [5, 5.41) is 5.17. The van der Waals surface area contributed by atoms with Crippen LogP contribution in [0.2, 0.25) is 0 Å². The average molecular weight is 439 g/mol. The summed E-state index contributed by atoms with van der Waals surface area (Å²) in [6.07, 6.45) is -1.14. The van der Waals surface area contributed by atoms with E-state index in [4.69, 9.17) is 9.47 Å². The summed E-state index contributed by atoms with van der Waals surface area (Å²) in [5.41, 5.74) is 1.24. The highest BCUT2D eigenvalue weighted by atomic mass is 16.5. The Morgan fingerprint density at radius 1 is 0.906 bits per heavy atom. The smallest absolute Gasteiger partial charge is 0.339 e. The second-order valence-electron chi connectivity index (χ2n) is 7.30. The van der Waals surface area contributed by atoms with Gasteiger partial charge in [-0.3, -0.25) is 14.4 Å². The van der Waals surface area contributed by atoms with Crippen LogP contribution in [0, 0.1) is 0 Å². The van der Waals surface area contributed by atoms with Gasteiger partial charge in [-0.1, -0.05) is 30.3 Å². The van der Waals surface area contributed by atoms with E-state index >= 15 is 0 Å². The van der Waals surface area contributed by atoms with E-state index in [0.717, 1.165) is 0 Å². The number of hydrogen-bond acceptors (Lipinski definition) is 6. The highest BCUT2D eigenvalue weighted by molar-refractivity contribution is 5.98. The van der Waals surface area contributed by atoms with Gasteiger partial charge in [-0.15, -0.1) is 0 Å². The van der Waals surface area contributed by atoms with Gasteiger partial charge in [-0.05, 0) is 18.2 Å². The first-order valence-electron chi connectivity index (χ1n) is 10.2. The third-order valence-electron chi connectivity index (χ3n) is 4.68. The van der Waals surface area contributed by atoms with E-state index in [0.29, 0.717) is 43.2 Å². The highest BCUT2D eigenvalue weighted by Gasteiger charge is 2.31. The number of esters is 1. The van der Waals surface area contributed by atoms with Crippen LogP contribution in [0.3, 0.4) is 0 Å². The van der Waals surface area contributed by atoms with Gasteiger partial charge >= 0.3 is 5.97 Å². The van der Waals surface area contributed by atoms with E-state index < -0.39 is 12.1 Å². The van der Waals surface area contributed by atoms with E-state index in [1.807, 2.05) is 0 Å².